The van der Waals surface area contributed by atoms with E-state index in [4.69, 9.17) is 10.00 Å². The molecule has 2 unspecified atom stereocenters. The lowest BCUT2D eigenvalue weighted by atomic mass is 9.73. The zero-order valence-corrected chi connectivity index (χ0v) is 20.2. The Balaban J connectivity index is 1.57. The van der Waals surface area contributed by atoms with Gasteiger partial charge in [0.1, 0.15) is 0 Å². The highest BCUT2D eigenvalue weighted by atomic mass is 19.4. The van der Waals surface area contributed by atoms with Gasteiger partial charge in [-0.05, 0) is 54.7 Å². The summed E-state index contributed by atoms with van der Waals surface area (Å²) < 4.78 is 46.8. The zero-order chi connectivity index (χ0) is 24.7. The Morgan fingerprint density at radius 1 is 1.21 bits per heavy atom. The minimum atomic E-state index is -4.59. The van der Waals surface area contributed by atoms with Crippen LogP contribution in [0.25, 0.3) is 0 Å². The Labute approximate surface area is 199 Å². The van der Waals surface area contributed by atoms with Gasteiger partial charge in [-0.2, -0.15) is 18.4 Å². The number of nitrogens with zero attached hydrogens (tertiary/aromatic N) is 3. The van der Waals surface area contributed by atoms with E-state index in [0.717, 1.165) is 12.5 Å². The van der Waals surface area contributed by atoms with E-state index in [1.807, 2.05) is 30.6 Å². The Morgan fingerprint density at radius 3 is 2.56 bits per heavy atom. The number of fused-ring (bicyclic) bond motifs is 1. The third-order valence-electron chi connectivity index (χ3n) is 7.33. The minimum Gasteiger partial charge on any atom is -0.380 e. The van der Waals surface area contributed by atoms with Crippen molar-refractivity contribution in [1.29, 1.82) is 5.26 Å². The first-order chi connectivity index (χ1) is 15.9. The molecule has 1 saturated carbocycles. The van der Waals surface area contributed by atoms with E-state index in [1.54, 1.807) is 12.1 Å². The van der Waals surface area contributed by atoms with Crippen LogP contribution >= 0.6 is 0 Å². The molecule has 5 nitrogen and oxygen atoms in total. The molecule has 1 aliphatic carbocycles. The molecule has 34 heavy (non-hydrogen) atoms. The molecule has 2 atom stereocenters. The normalized spacial score (nSPS) is 25.3. The molecule has 4 rings (SSSR count). The fraction of sp³-hybridized carbons (Fsp3) is 0.692. The third-order valence-corrected chi connectivity index (χ3v) is 7.33. The molecule has 3 fully saturated rings. The average molecular weight is 478 g/mol. The summed E-state index contributed by atoms with van der Waals surface area (Å²) in [5.41, 5.74) is -1.22. The Hall–Kier alpha value is -2.27. The van der Waals surface area contributed by atoms with Gasteiger partial charge in [-0.3, -0.25) is 4.79 Å². The number of hydrogen-bond donors (Lipinski definition) is 0. The van der Waals surface area contributed by atoms with Crippen molar-refractivity contribution in [1.82, 2.24) is 4.90 Å². The highest BCUT2D eigenvalue weighted by Crippen LogP contribution is 2.46. The van der Waals surface area contributed by atoms with Crippen molar-refractivity contribution in [3.05, 3.63) is 29.3 Å². The van der Waals surface area contributed by atoms with Crippen LogP contribution in [0.5, 0.6) is 0 Å². The molecule has 0 aromatic heterocycles. The molecule has 1 amide bonds. The van der Waals surface area contributed by atoms with Gasteiger partial charge >= 0.3 is 6.18 Å². The predicted molar refractivity (Wildman–Crippen MR) is 123 cm³/mol. The summed E-state index contributed by atoms with van der Waals surface area (Å²) in [6.07, 6.45) is -0.949. The van der Waals surface area contributed by atoms with Crippen LogP contribution in [0.4, 0.5) is 18.9 Å². The van der Waals surface area contributed by atoms with Gasteiger partial charge in [0.05, 0.1) is 23.8 Å². The Kier molecular flexibility index (Phi) is 6.63. The molecule has 2 heterocycles. The van der Waals surface area contributed by atoms with Gasteiger partial charge in [0, 0.05) is 50.3 Å². The van der Waals surface area contributed by atoms with Crippen molar-refractivity contribution in [3.8, 4) is 6.07 Å². The number of alkyl halides is 3. The van der Waals surface area contributed by atoms with Gasteiger partial charge in [-0.25, -0.2) is 0 Å². The van der Waals surface area contributed by atoms with Gasteiger partial charge in [-0.15, -0.1) is 0 Å². The molecule has 0 bridgehead atoms. The summed E-state index contributed by atoms with van der Waals surface area (Å²) >= 11 is 0. The van der Waals surface area contributed by atoms with E-state index in [9.17, 15) is 18.0 Å². The molecule has 2 aliphatic heterocycles. The number of likely N-dealkylation sites (tertiary alicyclic amines) is 1. The van der Waals surface area contributed by atoms with E-state index in [-0.39, 0.29) is 28.2 Å². The molecular formula is C26H34F3N3O2. The number of rotatable bonds is 6. The highest BCUT2D eigenvalue weighted by Gasteiger charge is 2.51. The fourth-order valence-electron chi connectivity index (χ4n) is 5.34. The third kappa shape index (κ3) is 5.51. The van der Waals surface area contributed by atoms with Crippen LogP contribution in [0.15, 0.2) is 18.2 Å². The number of amides is 1. The maximum Gasteiger partial charge on any atom is 0.417 e. The molecule has 3 aliphatic rings. The minimum absolute atomic E-state index is 0.109. The quantitative estimate of drug-likeness (QED) is 0.572. The predicted octanol–water partition coefficient (Wildman–Crippen LogP) is 5.09. The Morgan fingerprint density at radius 2 is 1.94 bits per heavy atom. The SMILES string of the molecule is CC(C)(C)CC(=O)N1CCC2CN(c3ccc(C#N)c(C(F)(F)F)c3)CC2(COCC2CC2)C1. The van der Waals surface area contributed by atoms with Gasteiger partial charge in [0.2, 0.25) is 5.91 Å². The topological polar surface area (TPSA) is 56.6 Å². The summed E-state index contributed by atoms with van der Waals surface area (Å²) in [4.78, 5) is 17.0. The smallest absolute Gasteiger partial charge is 0.380 e. The number of piperidine rings is 1. The molecule has 1 aromatic carbocycles. The van der Waals surface area contributed by atoms with Crippen LogP contribution in [0.1, 0.15) is 57.6 Å². The van der Waals surface area contributed by atoms with E-state index in [2.05, 4.69) is 0 Å². The molecule has 186 valence electrons. The van der Waals surface area contributed by atoms with Crippen LogP contribution in [0.2, 0.25) is 0 Å². The second kappa shape index (κ2) is 9.07. The second-order valence-electron chi connectivity index (χ2n) is 11.6. The van der Waals surface area contributed by atoms with E-state index in [0.29, 0.717) is 57.4 Å². The van der Waals surface area contributed by atoms with E-state index >= 15 is 0 Å². The van der Waals surface area contributed by atoms with E-state index in [1.165, 1.54) is 18.9 Å². The number of nitriles is 1. The lowest BCUT2D eigenvalue weighted by molar-refractivity contribution is -0.139. The number of benzene rings is 1. The van der Waals surface area contributed by atoms with Crippen molar-refractivity contribution in [2.75, 3.05) is 44.3 Å². The number of carbonyl (C=O) groups excluding carboxylic acids is 1. The van der Waals surface area contributed by atoms with Gasteiger partial charge in [0.25, 0.3) is 0 Å². The van der Waals surface area contributed by atoms with Crippen LogP contribution in [-0.4, -0.2) is 50.2 Å². The fourth-order valence-corrected chi connectivity index (χ4v) is 5.34. The number of anilines is 1. The lowest BCUT2D eigenvalue weighted by Gasteiger charge is -2.44. The molecule has 0 N–H and O–H groups in total. The summed E-state index contributed by atoms with van der Waals surface area (Å²) in [5.74, 6) is 0.974. The summed E-state index contributed by atoms with van der Waals surface area (Å²) in [6.45, 7) is 9.74. The van der Waals surface area contributed by atoms with E-state index < -0.39 is 11.7 Å². The van der Waals surface area contributed by atoms with Crippen molar-refractivity contribution in [2.24, 2.45) is 22.7 Å². The van der Waals surface area contributed by atoms with Crippen molar-refractivity contribution in [2.45, 2.75) is 52.6 Å². The number of halogens is 3. The van der Waals surface area contributed by atoms with Gasteiger partial charge < -0.3 is 14.5 Å². The Bertz CT molecular complexity index is 962. The maximum atomic E-state index is 13.6. The monoisotopic (exact) mass is 477 g/mol. The van der Waals surface area contributed by atoms with Crippen molar-refractivity contribution >= 4 is 11.6 Å². The molecular weight excluding hydrogens is 443 g/mol. The zero-order valence-electron chi connectivity index (χ0n) is 20.2. The number of hydrogen-bond acceptors (Lipinski definition) is 4. The van der Waals surface area contributed by atoms with Gasteiger partial charge in [0.15, 0.2) is 0 Å². The lowest BCUT2D eigenvalue weighted by Crippen LogP contribution is -2.53. The standard InChI is InChI=1S/C26H34F3N3O2/c1-24(2,3)11-23(33)31-9-8-20-13-32(16-25(20,15-31)17-34-14-18-4-5-18)21-7-6-19(12-30)22(10-21)26(27,28)29/h6-7,10,18,20H,4-5,8-9,11,13-17H2,1-3H3. The van der Waals surface area contributed by atoms with Crippen LogP contribution < -0.4 is 4.90 Å². The number of ether oxygens (including phenoxy) is 1. The summed E-state index contributed by atoms with van der Waals surface area (Å²) in [7, 11) is 0. The van der Waals surface area contributed by atoms with Crippen LogP contribution in [0.3, 0.4) is 0 Å². The first-order valence-corrected chi connectivity index (χ1v) is 12.1. The highest BCUT2D eigenvalue weighted by molar-refractivity contribution is 5.77. The number of carbonyl (C=O) groups is 1. The largest absolute Gasteiger partial charge is 0.417 e. The second-order valence-corrected chi connectivity index (χ2v) is 11.6. The molecule has 8 heteroatoms. The van der Waals surface area contributed by atoms with Gasteiger partial charge in [-0.1, -0.05) is 20.8 Å². The average Bonchev–Trinajstić information content (AvgIpc) is 3.49. The van der Waals surface area contributed by atoms with Crippen molar-refractivity contribution < 1.29 is 22.7 Å². The molecule has 1 aromatic rings. The van der Waals surface area contributed by atoms with Crippen LogP contribution in [-0.2, 0) is 15.7 Å². The van der Waals surface area contributed by atoms with Crippen molar-refractivity contribution in [3.63, 3.8) is 0 Å². The first kappa shape index (κ1) is 24.8. The molecule has 0 spiro atoms. The summed E-state index contributed by atoms with van der Waals surface area (Å²) in [5, 5.41) is 9.14. The van der Waals surface area contributed by atoms with Crippen LogP contribution in [0, 0.1) is 34.0 Å². The molecule has 2 saturated heterocycles. The summed E-state index contributed by atoms with van der Waals surface area (Å²) in [6, 6.07) is 5.61. The molecule has 0 radical (unpaired) electrons. The maximum absolute atomic E-state index is 13.6. The first-order valence-electron chi connectivity index (χ1n) is 12.1.